The van der Waals surface area contributed by atoms with E-state index in [1.54, 1.807) is 6.07 Å². The summed E-state index contributed by atoms with van der Waals surface area (Å²) in [7, 11) is 0. The van der Waals surface area contributed by atoms with Crippen molar-refractivity contribution >= 4 is 5.76 Å². The molecule has 0 unspecified atom stereocenters. The molecule has 13 heavy (non-hydrogen) atoms. The predicted octanol–water partition coefficient (Wildman–Crippen LogP) is 2.57. The van der Waals surface area contributed by atoms with Gasteiger partial charge in [-0.2, -0.15) is 0 Å². The van der Waals surface area contributed by atoms with Crippen molar-refractivity contribution in [2.45, 2.75) is 25.9 Å². The monoisotopic (exact) mass is 176 g/mol. The molecule has 0 radical (unpaired) electrons. The predicted molar refractivity (Wildman–Crippen MR) is 52.2 cm³/mol. The van der Waals surface area contributed by atoms with Gasteiger partial charge in [0.25, 0.3) is 0 Å². The maximum atomic E-state index is 7.48. The summed E-state index contributed by atoms with van der Waals surface area (Å²) in [5.41, 5.74) is 1.87. The first-order chi connectivity index (χ1) is 6.59. The molecule has 0 bridgehead atoms. The van der Waals surface area contributed by atoms with Crippen molar-refractivity contribution in [3.63, 3.8) is 0 Å². The molecule has 0 amide bonds. The van der Waals surface area contributed by atoms with E-state index in [-0.39, 0.29) is 12.0 Å². The topological polar surface area (TPSA) is 22.1 Å². The highest BCUT2D eigenvalue weighted by Crippen LogP contribution is 2.34. The fourth-order valence-corrected chi connectivity index (χ4v) is 1.57. The lowest BCUT2D eigenvalue weighted by Gasteiger charge is -2.29. The number of hydrogen-bond acceptors (Lipinski definition) is 2. The Kier molecular flexibility index (Phi) is 1.58. The maximum Gasteiger partial charge on any atom is 0.121 e. The number of nitrogens with zero attached hydrogens (tertiary/aromatic N) is 1. The molecule has 1 aromatic heterocycles. The summed E-state index contributed by atoms with van der Waals surface area (Å²) >= 11 is 0. The molecule has 1 aliphatic heterocycles. The number of pyridine rings is 1. The Morgan fingerprint density at radius 1 is 1.62 bits per heavy atom. The Morgan fingerprint density at radius 2 is 2.38 bits per heavy atom. The molecule has 2 heterocycles. The molecule has 0 saturated heterocycles. The zero-order valence-electron chi connectivity index (χ0n) is 8.87. The molecule has 68 valence electrons. The van der Waals surface area contributed by atoms with Crippen LogP contribution >= 0.6 is 0 Å². The second-order valence-electron chi connectivity index (χ2n) is 3.41. The van der Waals surface area contributed by atoms with Gasteiger partial charge in [-0.15, -0.1) is 0 Å². The van der Waals surface area contributed by atoms with E-state index >= 15 is 0 Å². The van der Waals surface area contributed by atoms with E-state index in [1.807, 2.05) is 13.0 Å². The summed E-state index contributed by atoms with van der Waals surface area (Å²) in [5, 5.41) is 0. The van der Waals surface area contributed by atoms with E-state index < -0.39 is 0 Å². The molecule has 0 aromatic carbocycles. The van der Waals surface area contributed by atoms with E-state index in [2.05, 4.69) is 18.5 Å². The molecule has 2 atom stereocenters. The van der Waals surface area contributed by atoms with Gasteiger partial charge < -0.3 is 4.74 Å². The van der Waals surface area contributed by atoms with Crippen molar-refractivity contribution in [3.8, 4) is 0 Å². The van der Waals surface area contributed by atoms with Gasteiger partial charge in [-0.1, -0.05) is 13.5 Å². The van der Waals surface area contributed by atoms with Crippen molar-refractivity contribution < 1.29 is 6.11 Å². The molecule has 1 aromatic rings. The largest absolute Gasteiger partial charge is 0.490 e. The first kappa shape index (κ1) is 7.13. The van der Waals surface area contributed by atoms with Gasteiger partial charge in [-0.05, 0) is 19.1 Å². The zero-order chi connectivity index (χ0) is 10.3. The third kappa shape index (κ3) is 1.22. The third-order valence-electron chi connectivity index (χ3n) is 2.55. The summed E-state index contributed by atoms with van der Waals surface area (Å²) in [5.74, 6) is 0.888. The Labute approximate surface area is 79.7 Å². The maximum absolute atomic E-state index is 7.48. The third-order valence-corrected chi connectivity index (χ3v) is 2.55. The van der Waals surface area contributed by atoms with Gasteiger partial charge in [-0.3, -0.25) is 4.98 Å². The lowest BCUT2D eigenvalue weighted by Crippen LogP contribution is -2.23. The van der Waals surface area contributed by atoms with E-state index in [0.717, 1.165) is 11.3 Å². The van der Waals surface area contributed by atoms with Gasteiger partial charge in [0, 0.05) is 17.7 Å². The average molecular weight is 176 g/mol. The second-order valence-corrected chi connectivity index (χ2v) is 3.41. The molecule has 0 fully saturated rings. The summed E-state index contributed by atoms with van der Waals surface area (Å²) < 4.78 is 13.0. The molecule has 0 saturated carbocycles. The number of rotatable bonds is 0. The van der Waals surface area contributed by atoms with Gasteiger partial charge in [0.2, 0.25) is 0 Å². The fourth-order valence-electron chi connectivity index (χ4n) is 1.57. The van der Waals surface area contributed by atoms with Crippen LogP contribution in [0.25, 0.3) is 5.76 Å². The SMILES string of the molecule is [2H]c1ccc2c(n1)[C@@H](C)[C@@H](C)OC2=C. The Morgan fingerprint density at radius 3 is 3.15 bits per heavy atom. The highest BCUT2D eigenvalue weighted by atomic mass is 16.5. The minimum Gasteiger partial charge on any atom is -0.490 e. The lowest BCUT2D eigenvalue weighted by molar-refractivity contribution is 0.148. The van der Waals surface area contributed by atoms with E-state index in [0.29, 0.717) is 11.9 Å². The van der Waals surface area contributed by atoms with Gasteiger partial charge in [-0.25, -0.2) is 0 Å². The quantitative estimate of drug-likeness (QED) is 0.606. The van der Waals surface area contributed by atoms with Crippen LogP contribution in [0.2, 0.25) is 0 Å². The number of ether oxygens (including phenoxy) is 1. The van der Waals surface area contributed by atoms with Gasteiger partial charge in [0.15, 0.2) is 0 Å². The van der Waals surface area contributed by atoms with E-state index in [1.165, 1.54) is 0 Å². The summed E-state index contributed by atoms with van der Waals surface area (Å²) in [6, 6.07) is 3.52. The molecular weight excluding hydrogens is 162 g/mol. The van der Waals surface area contributed by atoms with Crippen LogP contribution in [0, 0.1) is 0 Å². The van der Waals surface area contributed by atoms with Gasteiger partial charge >= 0.3 is 0 Å². The highest BCUT2D eigenvalue weighted by Gasteiger charge is 2.27. The fraction of sp³-hybridized carbons (Fsp3) is 0.364. The van der Waals surface area contributed by atoms with Crippen LogP contribution in [0.3, 0.4) is 0 Å². The minimum absolute atomic E-state index is 0.0873. The first-order valence-electron chi connectivity index (χ1n) is 4.93. The average Bonchev–Trinajstić information content (AvgIpc) is 2.14. The van der Waals surface area contributed by atoms with Crippen molar-refractivity contribution in [2.75, 3.05) is 0 Å². The number of fused-ring (bicyclic) bond motifs is 1. The second kappa shape index (κ2) is 2.87. The van der Waals surface area contributed by atoms with Crippen molar-refractivity contribution in [1.29, 1.82) is 0 Å². The Bertz CT molecular complexity index is 389. The minimum atomic E-state index is 0.0873. The van der Waals surface area contributed by atoms with Crippen LogP contribution in [0.5, 0.6) is 0 Å². The van der Waals surface area contributed by atoms with Crippen LogP contribution in [0.4, 0.5) is 0 Å². The van der Waals surface area contributed by atoms with Crippen molar-refractivity contribution in [1.82, 2.24) is 4.98 Å². The van der Waals surface area contributed by atoms with Gasteiger partial charge in [0.1, 0.15) is 11.9 Å². The van der Waals surface area contributed by atoms with Crippen LogP contribution in [-0.4, -0.2) is 11.1 Å². The molecule has 2 rings (SSSR count). The van der Waals surface area contributed by atoms with E-state index in [9.17, 15) is 0 Å². The van der Waals surface area contributed by atoms with Crippen LogP contribution < -0.4 is 0 Å². The number of aromatic nitrogens is 1. The van der Waals surface area contributed by atoms with Gasteiger partial charge in [0.05, 0.1) is 7.06 Å². The normalized spacial score (nSPS) is 27.5. The van der Waals surface area contributed by atoms with Crippen molar-refractivity contribution in [3.05, 3.63) is 36.1 Å². The molecular formula is C11H13NO. The Hall–Kier alpha value is -1.31. The number of hydrogen-bond donors (Lipinski definition) is 0. The van der Waals surface area contributed by atoms with E-state index in [4.69, 9.17) is 6.11 Å². The summed E-state index contributed by atoms with van der Waals surface area (Å²) in [6.07, 6.45) is 0.391. The summed E-state index contributed by atoms with van der Waals surface area (Å²) in [4.78, 5) is 4.22. The first-order valence-corrected chi connectivity index (χ1v) is 4.43. The zero-order valence-corrected chi connectivity index (χ0v) is 7.87. The van der Waals surface area contributed by atoms with Crippen LogP contribution in [0.1, 0.15) is 32.4 Å². The van der Waals surface area contributed by atoms with Crippen molar-refractivity contribution in [2.24, 2.45) is 0 Å². The molecule has 0 spiro atoms. The molecule has 2 nitrogen and oxygen atoms in total. The molecule has 1 aliphatic rings. The standard InChI is InChI=1S/C11H13NO/c1-7-8(2)13-9(3)10-5-4-6-12-11(7)10/h4-8H,3H2,1-2H3/t7-,8+/m0/s1/i6D. The van der Waals surface area contributed by atoms with Crippen LogP contribution in [-0.2, 0) is 4.74 Å². The molecule has 2 heteroatoms. The lowest BCUT2D eigenvalue weighted by atomic mass is 9.93. The van der Waals surface area contributed by atoms with Crippen LogP contribution in [0.15, 0.2) is 24.9 Å². The molecule has 0 aliphatic carbocycles. The smallest absolute Gasteiger partial charge is 0.121 e. The Balaban J connectivity index is 2.56. The summed E-state index contributed by atoms with van der Waals surface area (Å²) in [6.45, 7) is 7.90. The molecule has 0 N–H and O–H groups in total. The highest BCUT2D eigenvalue weighted by molar-refractivity contribution is 5.62.